The molecule has 1 aliphatic heterocycles. The zero-order valence-corrected chi connectivity index (χ0v) is 37.1. The highest BCUT2D eigenvalue weighted by atomic mass is 35.5. The first-order valence-corrected chi connectivity index (χ1v) is 23.7. The van der Waals surface area contributed by atoms with Crippen LogP contribution >= 0.6 is 53.9 Å². The van der Waals surface area contributed by atoms with E-state index in [1.165, 1.54) is 6.07 Å². The number of nitrogens with zero attached hydrogens (tertiary/aromatic N) is 4. The van der Waals surface area contributed by atoms with Crippen LogP contribution < -0.4 is 24.6 Å². The van der Waals surface area contributed by atoms with Gasteiger partial charge in [-0.2, -0.15) is 13.2 Å². The molecule has 18 nitrogen and oxygen atoms in total. The number of thioether (sulfide) groups is 1. The highest BCUT2D eigenvalue weighted by Gasteiger charge is 2.31. The van der Waals surface area contributed by atoms with Gasteiger partial charge >= 0.3 is 29.0 Å². The molecular weight excluding hydrogens is 960 g/mol. The number of ether oxygens (including phenoxy) is 1. The Kier molecular flexibility index (Phi) is 21.1. The highest BCUT2D eigenvalue weighted by molar-refractivity contribution is 8.00. The number of hydrogen-bond acceptors (Lipinski definition) is 13. The van der Waals surface area contributed by atoms with Gasteiger partial charge in [-0.05, 0) is 71.5 Å². The van der Waals surface area contributed by atoms with E-state index in [1.807, 2.05) is 5.32 Å². The first-order valence-electron chi connectivity index (χ1n) is 16.9. The Labute approximate surface area is 369 Å². The fraction of sp³-hybridized carbons (Fsp3) is 0.324. The normalized spacial score (nSPS) is 13.2. The van der Waals surface area contributed by atoms with Crippen LogP contribution in [0.3, 0.4) is 0 Å². The molecule has 62 heavy (non-hydrogen) atoms. The number of halogens is 6. The molecule has 0 saturated carbocycles. The Balaban J connectivity index is 0.000000329. The molecule has 1 atom stereocenters. The maximum atomic E-state index is 14.2. The average Bonchev–Trinajstić information content (AvgIpc) is 3.46. The lowest BCUT2D eigenvalue weighted by Crippen LogP contribution is -2.31. The van der Waals surface area contributed by atoms with E-state index < -0.39 is 72.1 Å². The van der Waals surface area contributed by atoms with Gasteiger partial charge in [0.15, 0.2) is 0 Å². The minimum Gasteiger partial charge on any atom is -0.778 e. The number of benzene rings is 3. The number of fused-ring (bicyclic) bond motifs is 1. The molecule has 0 bridgehead atoms. The number of carbonyl (C=O) groups is 3. The minimum absolute atomic E-state index is 0.0370. The van der Waals surface area contributed by atoms with Crippen molar-refractivity contribution in [2.24, 2.45) is 4.99 Å². The number of carboxylic acid groups (broad SMARTS) is 3. The summed E-state index contributed by atoms with van der Waals surface area (Å²) < 4.78 is 70.4. The van der Waals surface area contributed by atoms with Gasteiger partial charge in [-0.3, -0.25) is 34.5 Å². The fourth-order valence-corrected chi connectivity index (χ4v) is 6.96. The number of rotatable bonds is 12. The summed E-state index contributed by atoms with van der Waals surface area (Å²) in [5, 5.41) is 38.3. The van der Waals surface area contributed by atoms with Crippen LogP contribution in [0.5, 0.6) is 11.5 Å². The van der Waals surface area contributed by atoms with Gasteiger partial charge in [0.25, 0.3) is 5.69 Å². The molecule has 3 aromatic carbocycles. The first-order chi connectivity index (χ1) is 28.7. The number of nitro groups is 1. The summed E-state index contributed by atoms with van der Waals surface area (Å²) in [7, 11) is -3.71. The number of nitro benzene ring substituents is 1. The zero-order chi connectivity index (χ0) is 47.1. The van der Waals surface area contributed by atoms with Crippen molar-refractivity contribution in [3.63, 3.8) is 0 Å². The monoisotopic (exact) mass is 995 g/mol. The Morgan fingerprint density at radius 3 is 2.15 bits per heavy atom. The molecule has 28 heteroatoms. The van der Waals surface area contributed by atoms with E-state index >= 15 is 0 Å². The van der Waals surface area contributed by atoms with E-state index in [2.05, 4.69) is 23.8 Å². The summed E-state index contributed by atoms with van der Waals surface area (Å²) in [5.74, 6) is -4.80. The van der Waals surface area contributed by atoms with Crippen LogP contribution in [0.1, 0.15) is 28.8 Å². The third kappa shape index (κ3) is 18.5. The summed E-state index contributed by atoms with van der Waals surface area (Å²) in [4.78, 5) is 76.4. The second-order valence-corrected chi connectivity index (χ2v) is 19.2. The van der Waals surface area contributed by atoms with E-state index in [9.17, 15) is 56.3 Å². The predicted octanol–water partition coefficient (Wildman–Crippen LogP) is 6.12. The maximum absolute atomic E-state index is 14.2. The molecule has 340 valence electrons. The minimum atomic E-state index is -4.58. The van der Waals surface area contributed by atoms with Gasteiger partial charge in [0.1, 0.15) is 36.2 Å². The molecule has 2 heterocycles. The molecule has 4 aromatic rings. The average molecular weight is 997 g/mol. The molecular formula is C34H36Cl2F4N5O13PS3. The number of alkyl halides is 3. The van der Waals surface area contributed by atoms with Crippen molar-refractivity contribution in [3.05, 3.63) is 100 Å². The van der Waals surface area contributed by atoms with Crippen molar-refractivity contribution in [1.82, 2.24) is 14.7 Å². The molecule has 1 aliphatic rings. The Morgan fingerprint density at radius 2 is 1.63 bits per heavy atom. The van der Waals surface area contributed by atoms with Gasteiger partial charge in [0.2, 0.25) is 4.80 Å². The number of nitrogens with one attached hydrogen (secondary N) is 1. The van der Waals surface area contributed by atoms with E-state index in [0.717, 1.165) is 72.3 Å². The number of aromatic carboxylic acids is 1. The first kappa shape index (κ1) is 53.7. The summed E-state index contributed by atoms with van der Waals surface area (Å²) in [6.07, 6.45) is 3.17. The van der Waals surface area contributed by atoms with Crippen LogP contribution in [0.4, 0.5) is 28.9 Å². The Bertz CT molecular complexity index is 2430. The van der Waals surface area contributed by atoms with E-state index in [1.54, 1.807) is 9.36 Å². The number of aromatic nitrogens is 2. The van der Waals surface area contributed by atoms with Gasteiger partial charge in [0, 0.05) is 30.1 Å². The van der Waals surface area contributed by atoms with Crippen molar-refractivity contribution >= 4 is 94.1 Å². The molecule has 0 radical (unpaired) electrons. The van der Waals surface area contributed by atoms with Gasteiger partial charge < -0.3 is 34.4 Å². The lowest BCUT2D eigenvalue weighted by atomic mass is 10.1. The lowest BCUT2D eigenvalue weighted by Gasteiger charge is -2.15. The van der Waals surface area contributed by atoms with Crippen LogP contribution in [0, 0.1) is 15.9 Å². The molecule has 5 N–H and O–H groups in total. The predicted molar refractivity (Wildman–Crippen MR) is 223 cm³/mol. The fourth-order valence-electron chi connectivity index (χ4n) is 4.47. The van der Waals surface area contributed by atoms with Crippen molar-refractivity contribution in [2.75, 3.05) is 37.4 Å². The number of carboxylic acids is 3. The summed E-state index contributed by atoms with van der Waals surface area (Å²) in [6, 6.07) is 7.79. The van der Waals surface area contributed by atoms with Crippen LogP contribution in [0.2, 0.25) is 10.0 Å². The Hall–Kier alpha value is -4.46. The largest absolute Gasteiger partial charge is 0.778 e. The molecule has 1 aromatic heterocycles. The maximum Gasteiger partial charge on any atom is 0.416 e. The van der Waals surface area contributed by atoms with E-state index in [0.29, 0.717) is 39.7 Å². The van der Waals surface area contributed by atoms with Crippen LogP contribution in [-0.4, -0.2) is 89.8 Å². The van der Waals surface area contributed by atoms with E-state index in [4.69, 9.17) is 48.2 Å². The van der Waals surface area contributed by atoms with Crippen LogP contribution in [0.25, 0.3) is 0 Å². The van der Waals surface area contributed by atoms with Crippen molar-refractivity contribution < 1.29 is 71.3 Å². The third-order valence-electron chi connectivity index (χ3n) is 6.93. The van der Waals surface area contributed by atoms with E-state index in [-0.39, 0.29) is 37.9 Å². The van der Waals surface area contributed by atoms with Crippen LogP contribution in [0.15, 0.2) is 63.2 Å². The SMILES string of the molecule is C[S+](C)C.O=C(O)CNCP(=O)([O-])O.O=C(O)CSc1cc(N=c2sc(=O)n3n2CCCC3)c(F)cc1Cl.O=C(O)c1cc(Oc2ccc(C(F)(F)F)cc2Cl)ccc1[N+](=O)[O-]. The quantitative estimate of drug-likeness (QED) is 0.0267. The molecule has 0 spiro atoms. The Morgan fingerprint density at radius 1 is 1.02 bits per heavy atom. The van der Waals surface area contributed by atoms with Gasteiger partial charge in [0.05, 0.1) is 57.9 Å². The second kappa shape index (κ2) is 24.4. The van der Waals surface area contributed by atoms with Gasteiger partial charge in [-0.25, -0.2) is 18.9 Å². The van der Waals surface area contributed by atoms with Crippen molar-refractivity contribution in [3.8, 4) is 11.5 Å². The molecule has 5 rings (SSSR count). The summed E-state index contributed by atoms with van der Waals surface area (Å²) in [5.41, 5.74) is -2.21. The topological polar surface area (TPSA) is 276 Å². The number of aliphatic carboxylic acids is 2. The molecule has 0 fully saturated rings. The van der Waals surface area contributed by atoms with Crippen molar-refractivity contribution in [1.29, 1.82) is 0 Å². The van der Waals surface area contributed by atoms with Gasteiger partial charge in [-0.15, -0.1) is 11.8 Å². The highest BCUT2D eigenvalue weighted by Crippen LogP contribution is 2.37. The summed E-state index contributed by atoms with van der Waals surface area (Å²) >= 11 is 13.6. The standard InChI is InChI=1S/C14H7ClF3NO5.C14H13ClFN3O3S2.C3H8NO5P.C3H9S/c15-10-5-7(14(16,17)18)1-4-12(10)24-8-2-3-11(19(22)23)9(6-8)13(20)21;15-8-5-9(16)10(6-11(8)23-7-12(20)21)17-13-18-3-1-2-4-19(18)14(22)24-13;5-3(6)1-4-2-10(7,8)9;1-4(2)3/h1-6H,(H,20,21);5-6H,1-4,7H2,(H,20,21);4H,1-2H2,(H,5,6)(H2,7,8,9);1-3H3/q;;;+1/p-1. The lowest BCUT2D eigenvalue weighted by molar-refractivity contribution is -0.385. The third-order valence-corrected chi connectivity index (χ3v) is 10.2. The number of hydrogen-bond donors (Lipinski definition) is 5. The second-order valence-electron chi connectivity index (χ2n) is 12.5. The molecule has 0 saturated heterocycles. The smallest absolute Gasteiger partial charge is 0.416 e. The summed E-state index contributed by atoms with van der Waals surface area (Å²) in [6.45, 7) is 0.813. The molecule has 1 unspecified atom stereocenters. The molecule has 0 aliphatic carbocycles. The van der Waals surface area contributed by atoms with Crippen LogP contribution in [-0.2, 0) is 44.3 Å². The van der Waals surface area contributed by atoms with Gasteiger partial charge in [-0.1, -0.05) is 23.2 Å². The molecule has 0 amide bonds. The van der Waals surface area contributed by atoms with Crippen molar-refractivity contribution in [2.45, 2.75) is 37.0 Å². The zero-order valence-electron chi connectivity index (χ0n) is 32.3.